The van der Waals surface area contributed by atoms with Gasteiger partial charge in [0.2, 0.25) is 11.1 Å². The molecule has 0 aliphatic rings. The number of rotatable bonds is 6. The van der Waals surface area contributed by atoms with Crippen molar-refractivity contribution in [3.05, 3.63) is 24.4 Å². The Labute approximate surface area is 121 Å². The third-order valence-electron chi connectivity index (χ3n) is 2.57. The first-order chi connectivity index (χ1) is 9.70. The molecule has 1 atom stereocenters. The van der Waals surface area contributed by atoms with Crippen LogP contribution in [-0.4, -0.2) is 37.9 Å². The first-order valence-electron chi connectivity index (χ1n) is 6.49. The normalized spacial score (nSPS) is 12.1. The Morgan fingerprint density at radius 3 is 3.05 bits per heavy atom. The molecule has 2 heterocycles. The number of nitrogens with zero attached hydrogens (tertiary/aromatic N) is 3. The summed E-state index contributed by atoms with van der Waals surface area (Å²) in [6, 6.07) is 5.58. The van der Waals surface area contributed by atoms with Crippen LogP contribution in [0.25, 0.3) is 11.5 Å². The minimum atomic E-state index is -0.228. The maximum Gasteiger partial charge on any atom is 0.233 e. The van der Waals surface area contributed by atoms with Gasteiger partial charge in [-0.05, 0) is 25.5 Å². The second kappa shape index (κ2) is 7.04. The molecule has 1 amide bonds. The summed E-state index contributed by atoms with van der Waals surface area (Å²) in [7, 11) is 0. The molecule has 2 aromatic heterocycles. The third kappa shape index (κ3) is 3.80. The van der Waals surface area contributed by atoms with Gasteiger partial charge in [-0.15, -0.1) is 5.10 Å². The number of H-pyrrole nitrogens is 1. The van der Waals surface area contributed by atoms with Crippen molar-refractivity contribution < 1.29 is 4.79 Å². The van der Waals surface area contributed by atoms with Crippen LogP contribution in [-0.2, 0) is 4.79 Å². The molecule has 2 aromatic rings. The van der Waals surface area contributed by atoms with Gasteiger partial charge < -0.3 is 5.32 Å². The maximum absolute atomic E-state index is 11.8. The number of hydrogen-bond acceptors (Lipinski definition) is 5. The predicted molar refractivity (Wildman–Crippen MR) is 78.2 cm³/mol. The highest BCUT2D eigenvalue weighted by Gasteiger charge is 2.16. The van der Waals surface area contributed by atoms with Gasteiger partial charge in [0.15, 0.2) is 5.82 Å². The Bertz CT molecular complexity index is 557. The number of pyridine rings is 1. The molecule has 0 fully saturated rings. The van der Waals surface area contributed by atoms with Crippen LogP contribution in [0.15, 0.2) is 29.6 Å². The average molecular weight is 291 g/mol. The average Bonchev–Trinajstić information content (AvgIpc) is 2.94. The topological polar surface area (TPSA) is 83.6 Å². The van der Waals surface area contributed by atoms with Gasteiger partial charge in [-0.1, -0.05) is 24.8 Å². The van der Waals surface area contributed by atoms with Gasteiger partial charge >= 0.3 is 0 Å². The quantitative estimate of drug-likeness (QED) is 0.794. The molecule has 106 valence electrons. The second-order valence-electron chi connectivity index (χ2n) is 4.23. The molecule has 7 heteroatoms. The molecule has 0 radical (unpaired) electrons. The van der Waals surface area contributed by atoms with E-state index in [4.69, 9.17) is 0 Å². The van der Waals surface area contributed by atoms with Gasteiger partial charge in [-0.25, -0.2) is 0 Å². The molecule has 2 N–H and O–H groups in total. The molecule has 6 nitrogen and oxygen atoms in total. The van der Waals surface area contributed by atoms with Gasteiger partial charge in [0.05, 0.1) is 5.25 Å². The molecule has 1 unspecified atom stereocenters. The first-order valence-corrected chi connectivity index (χ1v) is 7.37. The Morgan fingerprint density at radius 2 is 2.35 bits per heavy atom. The lowest BCUT2D eigenvalue weighted by atomic mass is 10.3. The lowest BCUT2D eigenvalue weighted by molar-refractivity contribution is -0.120. The fourth-order valence-corrected chi connectivity index (χ4v) is 2.27. The molecule has 0 spiro atoms. The minimum absolute atomic E-state index is 0.000959. The number of hydrogen-bond donors (Lipinski definition) is 2. The Balaban J connectivity index is 1.98. The maximum atomic E-state index is 11.8. The van der Waals surface area contributed by atoms with Gasteiger partial charge in [-0.3, -0.25) is 14.9 Å². The molecular weight excluding hydrogens is 274 g/mol. The third-order valence-corrected chi connectivity index (χ3v) is 3.53. The van der Waals surface area contributed by atoms with E-state index >= 15 is 0 Å². The summed E-state index contributed by atoms with van der Waals surface area (Å²) in [6.45, 7) is 4.55. The Hall–Kier alpha value is -1.89. The van der Waals surface area contributed by atoms with Crippen LogP contribution in [0.3, 0.4) is 0 Å². The molecule has 20 heavy (non-hydrogen) atoms. The highest BCUT2D eigenvalue weighted by Crippen LogP contribution is 2.21. The minimum Gasteiger partial charge on any atom is -0.355 e. The Kier molecular flexibility index (Phi) is 5.11. The molecule has 0 saturated heterocycles. The van der Waals surface area contributed by atoms with E-state index in [-0.39, 0.29) is 11.2 Å². The molecular formula is C13H17N5OS. The van der Waals surface area contributed by atoms with Crippen molar-refractivity contribution in [2.45, 2.75) is 30.7 Å². The summed E-state index contributed by atoms with van der Waals surface area (Å²) >= 11 is 1.32. The second-order valence-corrected chi connectivity index (χ2v) is 5.54. The molecule has 0 bridgehead atoms. The fourth-order valence-electron chi connectivity index (χ4n) is 1.52. The van der Waals surface area contributed by atoms with Crippen LogP contribution < -0.4 is 5.32 Å². The summed E-state index contributed by atoms with van der Waals surface area (Å²) in [5, 5.41) is 10.1. The number of thioether (sulfide) groups is 1. The van der Waals surface area contributed by atoms with Gasteiger partial charge in [-0.2, -0.15) is 4.98 Å². The first kappa shape index (κ1) is 14.5. The van der Waals surface area contributed by atoms with Crippen molar-refractivity contribution in [3.8, 4) is 11.5 Å². The SMILES string of the molecule is CCCNC(=O)C(C)Sc1n[nH]c(-c2ccccn2)n1. The van der Waals surface area contributed by atoms with E-state index in [0.29, 0.717) is 17.5 Å². The molecule has 0 aliphatic carbocycles. The van der Waals surface area contributed by atoms with E-state index in [1.165, 1.54) is 11.8 Å². The number of aromatic amines is 1. The molecule has 0 aliphatic heterocycles. The van der Waals surface area contributed by atoms with Crippen LogP contribution >= 0.6 is 11.8 Å². The van der Waals surface area contributed by atoms with Crippen molar-refractivity contribution in [2.75, 3.05) is 6.54 Å². The van der Waals surface area contributed by atoms with Gasteiger partial charge in [0.1, 0.15) is 5.69 Å². The number of carbonyl (C=O) groups excluding carboxylic acids is 1. The van der Waals surface area contributed by atoms with E-state index in [9.17, 15) is 4.79 Å². The molecule has 2 rings (SSSR count). The summed E-state index contributed by atoms with van der Waals surface area (Å²) in [4.78, 5) is 20.3. The molecule has 0 saturated carbocycles. The zero-order valence-electron chi connectivity index (χ0n) is 11.5. The summed E-state index contributed by atoms with van der Waals surface area (Å²) in [5.74, 6) is 0.607. The van der Waals surface area contributed by atoms with Crippen molar-refractivity contribution in [1.29, 1.82) is 0 Å². The number of amides is 1. The summed E-state index contributed by atoms with van der Waals surface area (Å²) in [5.41, 5.74) is 0.731. The largest absolute Gasteiger partial charge is 0.355 e. The van der Waals surface area contributed by atoms with E-state index in [2.05, 4.69) is 25.5 Å². The van der Waals surface area contributed by atoms with Crippen LogP contribution in [0.4, 0.5) is 0 Å². The zero-order valence-corrected chi connectivity index (χ0v) is 12.3. The van der Waals surface area contributed by atoms with Crippen molar-refractivity contribution >= 4 is 17.7 Å². The highest BCUT2D eigenvalue weighted by atomic mass is 32.2. The standard InChI is InChI=1S/C13H17N5OS/c1-3-7-15-12(19)9(2)20-13-16-11(17-18-13)10-6-4-5-8-14-10/h4-6,8-9H,3,7H2,1-2H3,(H,15,19)(H,16,17,18). The van der Waals surface area contributed by atoms with Crippen LogP contribution in [0, 0.1) is 0 Å². The highest BCUT2D eigenvalue weighted by molar-refractivity contribution is 8.00. The predicted octanol–water partition coefficient (Wildman–Crippen LogP) is 1.87. The van der Waals surface area contributed by atoms with Crippen LogP contribution in [0.5, 0.6) is 0 Å². The van der Waals surface area contributed by atoms with E-state index in [1.54, 1.807) is 6.20 Å². The molecule has 0 aromatic carbocycles. The lowest BCUT2D eigenvalue weighted by Crippen LogP contribution is -2.31. The number of aromatic nitrogens is 4. The fraction of sp³-hybridized carbons (Fsp3) is 0.385. The van der Waals surface area contributed by atoms with Gasteiger partial charge in [0, 0.05) is 12.7 Å². The van der Waals surface area contributed by atoms with E-state index < -0.39 is 0 Å². The van der Waals surface area contributed by atoms with E-state index in [1.807, 2.05) is 32.0 Å². The zero-order chi connectivity index (χ0) is 14.4. The van der Waals surface area contributed by atoms with Crippen LogP contribution in [0.1, 0.15) is 20.3 Å². The Morgan fingerprint density at radius 1 is 1.50 bits per heavy atom. The summed E-state index contributed by atoms with van der Waals surface area (Å²) < 4.78 is 0. The smallest absolute Gasteiger partial charge is 0.233 e. The van der Waals surface area contributed by atoms with Gasteiger partial charge in [0.25, 0.3) is 0 Å². The van der Waals surface area contributed by atoms with Crippen molar-refractivity contribution in [2.24, 2.45) is 0 Å². The van der Waals surface area contributed by atoms with Crippen LogP contribution in [0.2, 0.25) is 0 Å². The number of nitrogens with one attached hydrogen (secondary N) is 2. The van der Waals surface area contributed by atoms with Crippen molar-refractivity contribution in [1.82, 2.24) is 25.5 Å². The van der Waals surface area contributed by atoms with E-state index in [0.717, 1.165) is 12.1 Å². The lowest BCUT2D eigenvalue weighted by Gasteiger charge is -2.08. The monoisotopic (exact) mass is 291 g/mol. The van der Waals surface area contributed by atoms with Crippen molar-refractivity contribution in [3.63, 3.8) is 0 Å². The number of carbonyl (C=O) groups is 1. The summed E-state index contributed by atoms with van der Waals surface area (Å²) in [6.07, 6.45) is 2.62.